The van der Waals surface area contributed by atoms with Gasteiger partial charge in [0.15, 0.2) is 0 Å². The fraction of sp³-hybridized carbons (Fsp3) is 0.154. The molecule has 0 saturated carbocycles. The molecule has 0 unspecified atom stereocenters. The van der Waals surface area contributed by atoms with Gasteiger partial charge in [0.05, 0.1) is 29.6 Å². The lowest BCUT2D eigenvalue weighted by Gasteiger charge is -2.17. The molecule has 0 radical (unpaired) electrons. The zero-order valence-corrected chi connectivity index (χ0v) is 20.2. The molecule has 33 heavy (non-hydrogen) atoms. The summed E-state index contributed by atoms with van der Waals surface area (Å²) < 4.78 is 5.79. The summed E-state index contributed by atoms with van der Waals surface area (Å²) in [5.74, 6) is -0.685. The van der Waals surface area contributed by atoms with Crippen LogP contribution in [0.25, 0.3) is 11.3 Å². The second-order valence-corrected chi connectivity index (χ2v) is 8.85. The number of amides is 1. The molecule has 7 heteroatoms. The number of esters is 1. The average molecular weight is 506 g/mol. The van der Waals surface area contributed by atoms with Gasteiger partial charge in [0, 0.05) is 22.3 Å². The Morgan fingerprint density at radius 3 is 2.45 bits per heavy atom. The summed E-state index contributed by atoms with van der Waals surface area (Å²) in [7, 11) is 5.38. The minimum atomic E-state index is -0.450. The topological polar surface area (TPSA) is 70.7 Å². The number of carbonyl (C=O) groups is 2. The lowest BCUT2D eigenvalue weighted by Crippen LogP contribution is -2.12. The zero-order valence-electron chi connectivity index (χ0n) is 18.6. The zero-order chi connectivity index (χ0) is 23.5. The molecule has 6 nitrogen and oxygen atoms in total. The van der Waals surface area contributed by atoms with Gasteiger partial charge in [0.2, 0.25) is 0 Å². The van der Waals surface area contributed by atoms with Crippen molar-refractivity contribution in [2.45, 2.75) is 6.54 Å². The van der Waals surface area contributed by atoms with Crippen LogP contribution in [0.3, 0.4) is 0 Å². The predicted octanol–water partition coefficient (Wildman–Crippen LogP) is 5.23. The molecule has 3 aromatic rings. The van der Waals surface area contributed by atoms with Crippen LogP contribution in [0.1, 0.15) is 27.0 Å². The standard InChI is InChI=1S/C26H24BrN3O3/c1-30(2)15-18-9-11-19(14-21(18)27)28-24(16-7-5-4-6-8-16)23-20-12-10-17(26(32)33-3)13-22(20)29-25(23)31/h4-14,28H,15H2,1-3H3,(H,29,31). The summed E-state index contributed by atoms with van der Waals surface area (Å²) in [6.07, 6.45) is 0. The summed E-state index contributed by atoms with van der Waals surface area (Å²) in [5, 5.41) is 6.35. The monoisotopic (exact) mass is 505 g/mol. The Labute approximate surface area is 201 Å². The number of halogens is 1. The first kappa shape index (κ1) is 22.8. The highest BCUT2D eigenvalue weighted by molar-refractivity contribution is 9.10. The van der Waals surface area contributed by atoms with Crippen molar-refractivity contribution in [3.8, 4) is 0 Å². The van der Waals surface area contributed by atoms with Crippen LogP contribution in [0, 0.1) is 0 Å². The van der Waals surface area contributed by atoms with Crippen molar-refractivity contribution in [3.05, 3.63) is 93.5 Å². The SMILES string of the molecule is COC(=O)c1ccc2c(c1)NC(=O)C2=C(Nc1ccc(CN(C)C)c(Br)c1)c1ccccc1. The van der Waals surface area contributed by atoms with Crippen molar-refractivity contribution in [2.75, 3.05) is 31.8 Å². The Hall–Kier alpha value is -3.42. The first-order valence-corrected chi connectivity index (χ1v) is 11.2. The van der Waals surface area contributed by atoms with E-state index in [1.165, 1.54) is 12.7 Å². The van der Waals surface area contributed by atoms with Crippen LogP contribution >= 0.6 is 15.9 Å². The van der Waals surface area contributed by atoms with E-state index < -0.39 is 5.97 Å². The van der Waals surface area contributed by atoms with E-state index in [9.17, 15) is 9.59 Å². The molecule has 0 aliphatic carbocycles. The number of ether oxygens (including phenoxy) is 1. The van der Waals surface area contributed by atoms with Gasteiger partial charge in [0.25, 0.3) is 5.91 Å². The highest BCUT2D eigenvalue weighted by Crippen LogP contribution is 2.38. The van der Waals surface area contributed by atoms with Gasteiger partial charge < -0.3 is 20.3 Å². The summed E-state index contributed by atoms with van der Waals surface area (Å²) in [6, 6.07) is 20.9. The molecule has 3 aromatic carbocycles. The van der Waals surface area contributed by atoms with Crippen molar-refractivity contribution < 1.29 is 14.3 Å². The van der Waals surface area contributed by atoms with Crippen LogP contribution in [0.5, 0.6) is 0 Å². The van der Waals surface area contributed by atoms with Gasteiger partial charge in [-0.3, -0.25) is 4.79 Å². The maximum atomic E-state index is 13.1. The number of nitrogens with one attached hydrogen (secondary N) is 2. The van der Waals surface area contributed by atoms with Crippen molar-refractivity contribution in [1.82, 2.24) is 4.90 Å². The van der Waals surface area contributed by atoms with Crippen LogP contribution in [-0.2, 0) is 16.1 Å². The molecule has 2 N–H and O–H groups in total. The molecule has 0 aromatic heterocycles. The Bertz CT molecular complexity index is 1250. The Balaban J connectivity index is 1.81. The first-order chi connectivity index (χ1) is 15.9. The molecule has 0 fully saturated rings. The van der Waals surface area contributed by atoms with E-state index in [0.717, 1.165) is 27.8 Å². The van der Waals surface area contributed by atoms with E-state index >= 15 is 0 Å². The van der Waals surface area contributed by atoms with E-state index in [1.54, 1.807) is 18.2 Å². The van der Waals surface area contributed by atoms with Gasteiger partial charge in [-0.25, -0.2) is 4.79 Å². The van der Waals surface area contributed by atoms with Crippen molar-refractivity contribution in [3.63, 3.8) is 0 Å². The molecule has 4 rings (SSSR count). The number of hydrogen-bond acceptors (Lipinski definition) is 5. The summed E-state index contributed by atoms with van der Waals surface area (Å²) in [4.78, 5) is 27.1. The lowest BCUT2D eigenvalue weighted by molar-refractivity contribution is -0.110. The van der Waals surface area contributed by atoms with Gasteiger partial charge in [-0.15, -0.1) is 0 Å². The number of nitrogens with zero attached hydrogens (tertiary/aromatic N) is 1. The quantitative estimate of drug-likeness (QED) is 0.354. The number of carbonyl (C=O) groups excluding carboxylic acids is 2. The predicted molar refractivity (Wildman–Crippen MR) is 135 cm³/mol. The maximum absolute atomic E-state index is 13.1. The van der Waals surface area contributed by atoms with Gasteiger partial charge in [0.1, 0.15) is 0 Å². The Kier molecular flexibility index (Phi) is 6.62. The van der Waals surface area contributed by atoms with Crippen LogP contribution in [0.4, 0.5) is 11.4 Å². The normalized spacial score (nSPS) is 14.0. The minimum Gasteiger partial charge on any atom is -0.465 e. The lowest BCUT2D eigenvalue weighted by atomic mass is 9.99. The van der Waals surface area contributed by atoms with E-state index in [0.29, 0.717) is 22.5 Å². The van der Waals surface area contributed by atoms with Crippen molar-refractivity contribution in [2.24, 2.45) is 0 Å². The van der Waals surface area contributed by atoms with Gasteiger partial charge >= 0.3 is 5.97 Å². The second-order valence-electron chi connectivity index (χ2n) is 7.99. The Morgan fingerprint density at radius 2 is 1.79 bits per heavy atom. The highest BCUT2D eigenvalue weighted by Gasteiger charge is 2.29. The second kappa shape index (κ2) is 9.60. The van der Waals surface area contributed by atoms with Crippen LogP contribution < -0.4 is 10.6 Å². The molecule has 0 spiro atoms. The van der Waals surface area contributed by atoms with Crippen molar-refractivity contribution >= 4 is 50.5 Å². The molecular formula is C26H24BrN3O3. The van der Waals surface area contributed by atoms with Gasteiger partial charge in [-0.05, 0) is 49.5 Å². The fourth-order valence-electron chi connectivity index (χ4n) is 3.79. The molecule has 1 aliphatic rings. The molecule has 0 bridgehead atoms. The van der Waals surface area contributed by atoms with Crippen LogP contribution in [-0.4, -0.2) is 38.0 Å². The first-order valence-electron chi connectivity index (χ1n) is 10.4. The molecular weight excluding hydrogens is 482 g/mol. The Morgan fingerprint density at radius 1 is 1.03 bits per heavy atom. The van der Waals surface area contributed by atoms with Crippen molar-refractivity contribution in [1.29, 1.82) is 0 Å². The number of anilines is 2. The van der Waals surface area contributed by atoms with E-state index in [4.69, 9.17) is 4.74 Å². The highest BCUT2D eigenvalue weighted by atomic mass is 79.9. The number of methoxy groups -OCH3 is 1. The third kappa shape index (κ3) is 4.84. The number of hydrogen-bond donors (Lipinski definition) is 2. The summed E-state index contributed by atoms with van der Waals surface area (Å²) >= 11 is 3.67. The third-order valence-corrected chi connectivity index (χ3v) is 6.04. The van der Waals surface area contributed by atoms with Gasteiger partial charge in [-0.2, -0.15) is 0 Å². The summed E-state index contributed by atoms with van der Waals surface area (Å²) in [5.41, 5.74) is 5.78. The van der Waals surface area contributed by atoms with E-state index in [-0.39, 0.29) is 5.91 Å². The molecule has 1 heterocycles. The van der Waals surface area contributed by atoms with Gasteiger partial charge in [-0.1, -0.05) is 58.4 Å². The molecule has 0 saturated heterocycles. The van der Waals surface area contributed by atoms with Crippen LogP contribution in [0.15, 0.2) is 71.2 Å². The largest absolute Gasteiger partial charge is 0.465 e. The summed E-state index contributed by atoms with van der Waals surface area (Å²) in [6.45, 7) is 0.811. The molecule has 0 atom stereocenters. The van der Waals surface area contributed by atoms with Crippen LogP contribution in [0.2, 0.25) is 0 Å². The van der Waals surface area contributed by atoms with E-state index in [1.807, 2.05) is 56.6 Å². The number of rotatable bonds is 6. The molecule has 1 aliphatic heterocycles. The maximum Gasteiger partial charge on any atom is 0.337 e. The van der Waals surface area contributed by atoms with E-state index in [2.05, 4.69) is 37.5 Å². The number of fused-ring (bicyclic) bond motifs is 1. The smallest absolute Gasteiger partial charge is 0.337 e. The molecule has 1 amide bonds. The molecule has 168 valence electrons. The fourth-order valence-corrected chi connectivity index (χ4v) is 4.29. The third-order valence-electron chi connectivity index (χ3n) is 5.31. The average Bonchev–Trinajstić information content (AvgIpc) is 3.13. The number of benzene rings is 3. The minimum absolute atomic E-state index is 0.235.